The third kappa shape index (κ3) is 3.02. The molecule has 5 heteroatoms. The van der Waals surface area contributed by atoms with E-state index in [0.29, 0.717) is 6.61 Å². The van der Waals surface area contributed by atoms with Crippen molar-refractivity contribution in [1.29, 1.82) is 0 Å². The molecule has 5 nitrogen and oxygen atoms in total. The second-order valence-electron chi connectivity index (χ2n) is 6.89. The van der Waals surface area contributed by atoms with Crippen LogP contribution in [0.3, 0.4) is 0 Å². The van der Waals surface area contributed by atoms with Crippen molar-refractivity contribution in [2.75, 3.05) is 6.61 Å². The van der Waals surface area contributed by atoms with E-state index in [1.54, 1.807) is 12.5 Å². The summed E-state index contributed by atoms with van der Waals surface area (Å²) in [4.78, 5) is 8.71. The van der Waals surface area contributed by atoms with Gasteiger partial charge in [0.25, 0.3) is 0 Å². The number of aromatic nitrogens is 4. The number of imidazole rings is 2. The zero-order chi connectivity index (χ0) is 17.3. The Labute approximate surface area is 151 Å². The van der Waals surface area contributed by atoms with Crippen LogP contribution in [0.2, 0.25) is 0 Å². The molecule has 0 radical (unpaired) electrons. The van der Waals surface area contributed by atoms with Crippen LogP contribution >= 0.6 is 0 Å². The highest BCUT2D eigenvalue weighted by molar-refractivity contribution is 5.78. The minimum Gasteiger partial charge on any atom is -0.376 e. The van der Waals surface area contributed by atoms with Crippen LogP contribution in [-0.2, 0) is 11.3 Å². The summed E-state index contributed by atoms with van der Waals surface area (Å²) in [5.74, 6) is 0.792. The molecule has 0 aliphatic heterocycles. The van der Waals surface area contributed by atoms with Crippen LogP contribution in [0.25, 0.3) is 22.4 Å². The lowest BCUT2D eigenvalue weighted by Gasteiger charge is -2.08. The lowest BCUT2D eigenvalue weighted by atomic mass is 10.2. The monoisotopic (exact) mass is 344 g/mol. The van der Waals surface area contributed by atoms with Gasteiger partial charge >= 0.3 is 0 Å². The van der Waals surface area contributed by atoms with Gasteiger partial charge in [-0.05, 0) is 54.7 Å². The minimum atomic E-state index is 0.662. The number of ether oxygens (including phenoxy) is 1. The van der Waals surface area contributed by atoms with E-state index in [1.807, 2.05) is 17.1 Å². The van der Waals surface area contributed by atoms with Crippen molar-refractivity contribution in [3.05, 3.63) is 73.1 Å². The molecule has 0 unspecified atom stereocenters. The fraction of sp³-hybridized carbons (Fsp3) is 0.238. The van der Waals surface area contributed by atoms with E-state index in [-0.39, 0.29) is 0 Å². The fourth-order valence-corrected chi connectivity index (χ4v) is 3.20. The number of hydrogen-bond donors (Lipinski definition) is 0. The highest BCUT2D eigenvalue weighted by Crippen LogP contribution is 2.29. The number of benzene rings is 2. The molecule has 4 aromatic rings. The van der Waals surface area contributed by atoms with Gasteiger partial charge < -0.3 is 9.30 Å². The van der Waals surface area contributed by atoms with Gasteiger partial charge in [0, 0.05) is 30.4 Å². The van der Waals surface area contributed by atoms with Gasteiger partial charge in [0.15, 0.2) is 0 Å². The molecular formula is C21H20N4O. The average Bonchev–Trinajstić information content (AvgIpc) is 3.18. The van der Waals surface area contributed by atoms with Crippen molar-refractivity contribution in [2.45, 2.75) is 19.4 Å². The van der Waals surface area contributed by atoms with E-state index < -0.39 is 0 Å². The summed E-state index contributed by atoms with van der Waals surface area (Å²) in [7, 11) is 0. The van der Waals surface area contributed by atoms with Gasteiger partial charge in [-0.25, -0.2) is 9.97 Å². The van der Waals surface area contributed by atoms with Crippen molar-refractivity contribution in [3.8, 4) is 11.4 Å². The molecule has 130 valence electrons. The molecule has 0 saturated heterocycles. The Morgan fingerprint density at radius 2 is 1.96 bits per heavy atom. The molecule has 26 heavy (non-hydrogen) atoms. The van der Waals surface area contributed by atoms with Gasteiger partial charge in [0.1, 0.15) is 6.33 Å². The van der Waals surface area contributed by atoms with Gasteiger partial charge in [-0.2, -0.15) is 0 Å². The molecule has 2 aromatic carbocycles. The maximum atomic E-state index is 5.80. The normalized spacial score (nSPS) is 14.2. The van der Waals surface area contributed by atoms with E-state index >= 15 is 0 Å². The fourth-order valence-electron chi connectivity index (χ4n) is 3.20. The molecular weight excluding hydrogens is 324 g/mol. The second-order valence-corrected chi connectivity index (χ2v) is 6.89. The Morgan fingerprint density at radius 3 is 2.81 bits per heavy atom. The van der Waals surface area contributed by atoms with Crippen LogP contribution in [0.15, 0.2) is 67.5 Å². The van der Waals surface area contributed by atoms with Crippen molar-refractivity contribution in [2.24, 2.45) is 5.92 Å². The smallest absolute Gasteiger partial charge is 0.100 e. The van der Waals surface area contributed by atoms with Gasteiger partial charge in [0.2, 0.25) is 0 Å². The van der Waals surface area contributed by atoms with Gasteiger partial charge in [0.05, 0.1) is 24.0 Å². The van der Waals surface area contributed by atoms with Crippen molar-refractivity contribution < 1.29 is 4.74 Å². The molecule has 2 aromatic heterocycles. The van der Waals surface area contributed by atoms with Crippen LogP contribution in [0.4, 0.5) is 0 Å². The van der Waals surface area contributed by atoms with Crippen molar-refractivity contribution >= 4 is 11.0 Å². The summed E-state index contributed by atoms with van der Waals surface area (Å²) < 4.78 is 9.91. The Bertz CT molecular complexity index is 1030. The third-order valence-corrected chi connectivity index (χ3v) is 4.84. The third-order valence-electron chi connectivity index (χ3n) is 4.84. The lowest BCUT2D eigenvalue weighted by Crippen LogP contribution is -1.97. The summed E-state index contributed by atoms with van der Waals surface area (Å²) in [6, 6.07) is 14.7. The van der Waals surface area contributed by atoms with Gasteiger partial charge in [-0.15, -0.1) is 0 Å². The number of fused-ring (bicyclic) bond motifs is 1. The number of hydrogen-bond acceptors (Lipinski definition) is 3. The molecule has 1 aliphatic carbocycles. The summed E-state index contributed by atoms with van der Waals surface area (Å²) in [6.07, 6.45) is 10.1. The molecule has 0 atom stereocenters. The summed E-state index contributed by atoms with van der Waals surface area (Å²) in [5.41, 5.74) is 5.42. The Hall–Kier alpha value is -2.92. The molecule has 1 fully saturated rings. The summed E-state index contributed by atoms with van der Waals surface area (Å²) in [6.45, 7) is 1.54. The first kappa shape index (κ1) is 15.3. The Kier molecular flexibility index (Phi) is 3.79. The molecule has 5 rings (SSSR count). The molecule has 1 saturated carbocycles. The molecule has 0 N–H and O–H groups in total. The highest BCUT2D eigenvalue weighted by atomic mass is 16.5. The first-order chi connectivity index (χ1) is 12.9. The van der Waals surface area contributed by atoms with Crippen LogP contribution in [0.1, 0.15) is 18.4 Å². The van der Waals surface area contributed by atoms with E-state index in [4.69, 9.17) is 4.74 Å². The topological polar surface area (TPSA) is 44.9 Å². The zero-order valence-corrected chi connectivity index (χ0v) is 14.5. The quantitative estimate of drug-likeness (QED) is 0.528. The summed E-state index contributed by atoms with van der Waals surface area (Å²) in [5, 5.41) is 0. The first-order valence-electron chi connectivity index (χ1n) is 8.99. The highest BCUT2D eigenvalue weighted by Gasteiger charge is 2.21. The van der Waals surface area contributed by atoms with Gasteiger partial charge in [-0.3, -0.25) is 4.57 Å². The maximum Gasteiger partial charge on any atom is 0.100 e. The minimum absolute atomic E-state index is 0.662. The summed E-state index contributed by atoms with van der Waals surface area (Å²) >= 11 is 0. The maximum absolute atomic E-state index is 5.80. The number of nitrogens with zero attached hydrogens (tertiary/aromatic N) is 4. The Morgan fingerprint density at radius 1 is 1.04 bits per heavy atom. The van der Waals surface area contributed by atoms with Crippen LogP contribution in [-0.4, -0.2) is 25.7 Å². The molecule has 0 amide bonds. The second kappa shape index (κ2) is 6.42. The van der Waals surface area contributed by atoms with Crippen LogP contribution in [0, 0.1) is 5.92 Å². The molecule has 1 aliphatic rings. The molecule has 2 heterocycles. The largest absolute Gasteiger partial charge is 0.376 e. The average molecular weight is 344 g/mol. The first-order valence-corrected chi connectivity index (χ1v) is 8.99. The zero-order valence-electron chi connectivity index (χ0n) is 14.5. The predicted octanol–water partition coefficient (Wildman–Crippen LogP) is 4.14. The van der Waals surface area contributed by atoms with E-state index in [1.165, 1.54) is 18.4 Å². The van der Waals surface area contributed by atoms with E-state index in [9.17, 15) is 0 Å². The molecule has 0 bridgehead atoms. The number of rotatable bonds is 6. The molecule has 0 spiro atoms. The lowest BCUT2D eigenvalue weighted by molar-refractivity contribution is 0.111. The SMILES string of the molecule is c1cc(-n2ccnc2)cc(-n2cnc3cc(COCC4CC4)ccc32)c1. The van der Waals surface area contributed by atoms with Crippen molar-refractivity contribution in [1.82, 2.24) is 19.1 Å². The van der Waals surface area contributed by atoms with E-state index in [2.05, 4.69) is 57.0 Å². The van der Waals surface area contributed by atoms with Crippen LogP contribution < -0.4 is 0 Å². The van der Waals surface area contributed by atoms with Crippen LogP contribution in [0.5, 0.6) is 0 Å². The Balaban J connectivity index is 1.43. The van der Waals surface area contributed by atoms with Crippen molar-refractivity contribution in [3.63, 3.8) is 0 Å². The predicted molar refractivity (Wildman–Crippen MR) is 101 cm³/mol. The standard InChI is InChI=1S/C21H20N4O/c1-2-18(24-9-8-22-14-24)11-19(3-1)25-15-23-20-10-17(6-7-21(20)25)13-26-12-16-4-5-16/h1-3,6-11,14-16H,4-5,12-13H2. The van der Waals surface area contributed by atoms with Gasteiger partial charge in [-0.1, -0.05) is 12.1 Å². The van der Waals surface area contributed by atoms with E-state index in [0.717, 1.165) is 34.9 Å².